The zero-order chi connectivity index (χ0) is 8.81. The zero-order valence-corrected chi connectivity index (χ0v) is 9.29. The molecule has 0 amide bonds. The van der Waals surface area contributed by atoms with Crippen LogP contribution in [0.25, 0.3) is 0 Å². The summed E-state index contributed by atoms with van der Waals surface area (Å²) in [7, 11) is 0. The van der Waals surface area contributed by atoms with Crippen LogP contribution in [0.15, 0.2) is 0 Å². The third-order valence-electron chi connectivity index (χ3n) is 2.10. The number of hydrogen-bond acceptors (Lipinski definition) is 3. The molecule has 3 heteroatoms. The van der Waals surface area contributed by atoms with Gasteiger partial charge in [0.1, 0.15) is 0 Å². The van der Waals surface area contributed by atoms with E-state index in [0.29, 0.717) is 12.5 Å². The van der Waals surface area contributed by atoms with E-state index < -0.39 is 0 Å². The summed E-state index contributed by atoms with van der Waals surface area (Å²) in [4.78, 5) is 0. The summed E-state index contributed by atoms with van der Waals surface area (Å²) in [6.45, 7) is 2.47. The van der Waals surface area contributed by atoms with E-state index in [9.17, 15) is 0 Å². The van der Waals surface area contributed by atoms with Crippen LogP contribution in [-0.2, 0) is 0 Å². The SMILES string of the molecule is C[C@H](CO)CCC1SCCCS1. The van der Waals surface area contributed by atoms with Crippen molar-refractivity contribution in [1.82, 2.24) is 0 Å². The molecule has 1 saturated heterocycles. The normalized spacial score (nSPS) is 22.5. The molecule has 1 heterocycles. The second-order valence-corrected chi connectivity index (χ2v) is 6.31. The Morgan fingerprint density at radius 2 is 2.08 bits per heavy atom. The lowest BCUT2D eigenvalue weighted by molar-refractivity contribution is 0.229. The molecule has 1 aliphatic heterocycles. The van der Waals surface area contributed by atoms with Crippen LogP contribution in [0, 0.1) is 5.92 Å². The highest BCUT2D eigenvalue weighted by Crippen LogP contribution is 2.34. The molecule has 0 aliphatic carbocycles. The molecule has 0 unspecified atom stereocenters. The van der Waals surface area contributed by atoms with Crippen LogP contribution in [0.5, 0.6) is 0 Å². The second kappa shape index (κ2) is 6.17. The number of aliphatic hydroxyl groups excluding tert-OH is 1. The highest BCUT2D eigenvalue weighted by molar-refractivity contribution is 8.17. The van der Waals surface area contributed by atoms with Gasteiger partial charge < -0.3 is 5.11 Å². The summed E-state index contributed by atoms with van der Waals surface area (Å²) in [6, 6.07) is 0. The maximum atomic E-state index is 8.85. The third-order valence-corrected chi connectivity index (χ3v) is 5.18. The molecule has 12 heavy (non-hydrogen) atoms. The standard InChI is InChI=1S/C9H18OS2/c1-8(7-10)3-4-9-11-5-2-6-12-9/h8-10H,2-7H2,1H3/t8-/m0/s1. The molecule has 0 aromatic rings. The minimum absolute atomic E-state index is 0.349. The van der Waals surface area contributed by atoms with E-state index in [1.165, 1.54) is 30.8 Å². The average molecular weight is 206 g/mol. The molecule has 1 N–H and O–H groups in total. The Bertz CT molecular complexity index is 113. The molecule has 0 saturated carbocycles. The lowest BCUT2D eigenvalue weighted by Gasteiger charge is -2.21. The van der Waals surface area contributed by atoms with Gasteiger partial charge in [-0.25, -0.2) is 0 Å². The number of thioether (sulfide) groups is 2. The molecule has 72 valence electrons. The monoisotopic (exact) mass is 206 g/mol. The maximum Gasteiger partial charge on any atom is 0.0502 e. The first kappa shape index (κ1) is 10.7. The minimum atomic E-state index is 0.349. The Morgan fingerprint density at radius 1 is 1.42 bits per heavy atom. The summed E-state index contributed by atoms with van der Waals surface area (Å²) in [5, 5.41) is 8.85. The summed E-state index contributed by atoms with van der Waals surface area (Å²) in [6.07, 6.45) is 3.83. The summed E-state index contributed by atoms with van der Waals surface area (Å²) in [5.41, 5.74) is 0. The average Bonchev–Trinajstić information content (AvgIpc) is 2.16. The van der Waals surface area contributed by atoms with Crippen molar-refractivity contribution in [2.75, 3.05) is 18.1 Å². The van der Waals surface area contributed by atoms with Gasteiger partial charge >= 0.3 is 0 Å². The van der Waals surface area contributed by atoms with Crippen molar-refractivity contribution in [3.05, 3.63) is 0 Å². The zero-order valence-electron chi connectivity index (χ0n) is 7.66. The van der Waals surface area contributed by atoms with Crippen molar-refractivity contribution >= 4 is 23.5 Å². The van der Waals surface area contributed by atoms with Crippen molar-refractivity contribution in [1.29, 1.82) is 0 Å². The Hall–Kier alpha value is 0.660. The van der Waals surface area contributed by atoms with E-state index in [0.717, 1.165) is 4.58 Å². The summed E-state index contributed by atoms with van der Waals surface area (Å²) in [5.74, 6) is 3.17. The van der Waals surface area contributed by atoms with Gasteiger partial charge in [-0.1, -0.05) is 6.92 Å². The fraction of sp³-hybridized carbons (Fsp3) is 1.00. The fourth-order valence-electron chi connectivity index (χ4n) is 1.22. The van der Waals surface area contributed by atoms with Gasteiger partial charge in [-0.05, 0) is 36.7 Å². The second-order valence-electron chi connectivity index (χ2n) is 3.39. The van der Waals surface area contributed by atoms with Gasteiger partial charge in [0.05, 0.1) is 4.58 Å². The minimum Gasteiger partial charge on any atom is -0.396 e. The molecular formula is C9H18OS2. The molecule has 0 bridgehead atoms. The first-order valence-corrected chi connectivity index (χ1v) is 6.76. The van der Waals surface area contributed by atoms with Crippen molar-refractivity contribution in [3.63, 3.8) is 0 Å². The molecule has 1 aliphatic rings. The summed E-state index contributed by atoms with van der Waals surface area (Å²) >= 11 is 4.19. The molecule has 1 nitrogen and oxygen atoms in total. The largest absolute Gasteiger partial charge is 0.396 e. The molecule has 1 fully saturated rings. The van der Waals surface area contributed by atoms with Gasteiger partial charge in [-0.15, -0.1) is 23.5 Å². The van der Waals surface area contributed by atoms with Gasteiger partial charge in [-0.2, -0.15) is 0 Å². The van der Waals surface area contributed by atoms with Crippen molar-refractivity contribution in [2.45, 2.75) is 30.8 Å². The van der Waals surface area contributed by atoms with Crippen LogP contribution < -0.4 is 0 Å². The van der Waals surface area contributed by atoms with Crippen LogP contribution in [0.2, 0.25) is 0 Å². The molecule has 0 aromatic heterocycles. The number of rotatable bonds is 4. The van der Waals surface area contributed by atoms with E-state index >= 15 is 0 Å². The Labute approximate surface area is 83.7 Å². The number of aliphatic hydroxyl groups is 1. The lowest BCUT2D eigenvalue weighted by Crippen LogP contribution is -2.09. The highest BCUT2D eigenvalue weighted by Gasteiger charge is 2.14. The predicted octanol–water partition coefficient (Wildman–Crippen LogP) is 2.59. The molecule has 0 spiro atoms. The van der Waals surface area contributed by atoms with E-state index in [1.54, 1.807) is 0 Å². The van der Waals surface area contributed by atoms with Crippen LogP contribution in [-0.4, -0.2) is 27.8 Å². The number of hydrogen-bond donors (Lipinski definition) is 1. The van der Waals surface area contributed by atoms with Gasteiger partial charge in [0.2, 0.25) is 0 Å². The van der Waals surface area contributed by atoms with E-state index in [-0.39, 0.29) is 0 Å². The van der Waals surface area contributed by atoms with Crippen molar-refractivity contribution in [3.8, 4) is 0 Å². The Morgan fingerprint density at radius 3 is 2.67 bits per heavy atom. The first-order valence-electron chi connectivity index (χ1n) is 4.67. The Balaban J connectivity index is 2.05. The van der Waals surface area contributed by atoms with E-state index in [1.807, 2.05) is 0 Å². The van der Waals surface area contributed by atoms with E-state index in [2.05, 4.69) is 30.4 Å². The Kier molecular flexibility index (Phi) is 5.52. The lowest BCUT2D eigenvalue weighted by atomic mass is 10.1. The van der Waals surface area contributed by atoms with Gasteiger partial charge in [0, 0.05) is 6.61 Å². The molecular weight excluding hydrogens is 188 g/mol. The first-order chi connectivity index (χ1) is 5.83. The van der Waals surface area contributed by atoms with Gasteiger partial charge in [0.15, 0.2) is 0 Å². The molecule has 0 aromatic carbocycles. The quantitative estimate of drug-likeness (QED) is 0.763. The third kappa shape index (κ3) is 4.06. The summed E-state index contributed by atoms with van der Waals surface area (Å²) < 4.78 is 0.813. The van der Waals surface area contributed by atoms with Gasteiger partial charge in [0.25, 0.3) is 0 Å². The van der Waals surface area contributed by atoms with E-state index in [4.69, 9.17) is 5.11 Å². The maximum absolute atomic E-state index is 8.85. The van der Waals surface area contributed by atoms with Crippen molar-refractivity contribution in [2.24, 2.45) is 5.92 Å². The van der Waals surface area contributed by atoms with Crippen LogP contribution in [0.3, 0.4) is 0 Å². The van der Waals surface area contributed by atoms with Crippen LogP contribution in [0.4, 0.5) is 0 Å². The van der Waals surface area contributed by atoms with Crippen LogP contribution >= 0.6 is 23.5 Å². The van der Waals surface area contributed by atoms with Crippen LogP contribution in [0.1, 0.15) is 26.2 Å². The van der Waals surface area contributed by atoms with Gasteiger partial charge in [-0.3, -0.25) is 0 Å². The molecule has 1 rings (SSSR count). The fourth-order valence-corrected chi connectivity index (χ4v) is 4.11. The van der Waals surface area contributed by atoms with Crippen molar-refractivity contribution < 1.29 is 5.11 Å². The molecule has 1 atom stereocenters. The smallest absolute Gasteiger partial charge is 0.0502 e. The highest BCUT2D eigenvalue weighted by atomic mass is 32.2. The predicted molar refractivity (Wildman–Crippen MR) is 58.8 cm³/mol. The molecule has 0 radical (unpaired) electrons. The topological polar surface area (TPSA) is 20.2 Å².